The fourth-order valence-electron chi connectivity index (χ4n) is 3.21. The van der Waals surface area contributed by atoms with E-state index in [2.05, 4.69) is 32.0 Å². The van der Waals surface area contributed by atoms with E-state index in [1.54, 1.807) is 43.6 Å². The number of rotatable bonds is 7. The zero-order chi connectivity index (χ0) is 23.1. The smallest absolute Gasteiger partial charge is 0.229 e. The highest BCUT2D eigenvalue weighted by Crippen LogP contribution is 2.30. The van der Waals surface area contributed by atoms with Gasteiger partial charge < -0.3 is 15.7 Å². The highest BCUT2D eigenvalue weighted by Gasteiger charge is 2.16. The largest absolute Gasteiger partial charge is 0.374 e. The Hall–Kier alpha value is -4.24. The second-order valence-electron chi connectivity index (χ2n) is 7.12. The number of nitrogens with zero attached hydrogens (tertiary/aromatic N) is 4. The van der Waals surface area contributed by atoms with Crippen LogP contribution in [0.5, 0.6) is 0 Å². The lowest BCUT2D eigenvalue weighted by Crippen LogP contribution is -2.18. The molecule has 1 atom stereocenters. The van der Waals surface area contributed by atoms with E-state index in [0.29, 0.717) is 22.9 Å². The maximum atomic E-state index is 10.4. The zero-order valence-electron chi connectivity index (χ0n) is 18.0. The minimum Gasteiger partial charge on any atom is -0.374 e. The maximum absolute atomic E-state index is 10.4. The van der Waals surface area contributed by atoms with E-state index in [4.69, 9.17) is 10.5 Å². The predicted octanol–water partition coefficient (Wildman–Crippen LogP) is 4.20. The van der Waals surface area contributed by atoms with E-state index in [-0.39, 0.29) is 0 Å². The maximum Gasteiger partial charge on any atom is 0.229 e. The highest BCUT2D eigenvalue weighted by molar-refractivity contribution is 5.70. The van der Waals surface area contributed by atoms with Crippen LogP contribution >= 0.6 is 0 Å². The van der Waals surface area contributed by atoms with Crippen LogP contribution in [-0.4, -0.2) is 22.1 Å². The van der Waals surface area contributed by atoms with Crippen LogP contribution in [0.2, 0.25) is 0 Å². The van der Waals surface area contributed by atoms with Crippen molar-refractivity contribution in [2.45, 2.75) is 20.1 Å². The van der Waals surface area contributed by atoms with Gasteiger partial charge in [-0.1, -0.05) is 0 Å². The lowest BCUT2D eigenvalue weighted by molar-refractivity contribution is 0.149. The van der Waals surface area contributed by atoms with E-state index < -0.39 is 6.23 Å². The standard InChI is InChI=1S/C24H23N7O/c1-15-11-18(5-4-10-25)12-16(2)21(15)30-22-20(23(32)27-3)14-28-24(31-22)29-19-8-6-17(13-26)7-9-19/h4-9,11-12,14,23,27,32H,1-3H3,(H2,28,29,30,31)/b5-4+. The Morgan fingerprint density at radius 3 is 2.34 bits per heavy atom. The normalized spacial score (nSPS) is 11.6. The van der Waals surface area contributed by atoms with Crippen LogP contribution in [-0.2, 0) is 0 Å². The fourth-order valence-corrected chi connectivity index (χ4v) is 3.21. The summed E-state index contributed by atoms with van der Waals surface area (Å²) in [5.74, 6) is 0.789. The first-order valence-corrected chi connectivity index (χ1v) is 9.89. The fraction of sp³-hybridized carbons (Fsp3) is 0.167. The Labute approximate surface area is 186 Å². The quantitative estimate of drug-likeness (QED) is 0.327. The minimum atomic E-state index is -0.958. The van der Waals surface area contributed by atoms with E-state index in [1.807, 2.05) is 32.0 Å². The average Bonchev–Trinajstić information content (AvgIpc) is 2.80. The molecule has 0 aliphatic rings. The number of nitrogens with one attached hydrogen (secondary N) is 3. The Bertz CT molecular complexity index is 1200. The number of aryl methyl sites for hydroxylation is 2. The second-order valence-corrected chi connectivity index (χ2v) is 7.12. The van der Waals surface area contributed by atoms with Crippen molar-refractivity contribution in [1.29, 1.82) is 10.5 Å². The van der Waals surface area contributed by atoms with Crippen molar-refractivity contribution in [3.05, 3.63) is 76.5 Å². The molecular formula is C24H23N7O. The third-order valence-electron chi connectivity index (χ3n) is 4.80. The van der Waals surface area contributed by atoms with Gasteiger partial charge in [0.05, 0.1) is 23.3 Å². The minimum absolute atomic E-state index is 0.341. The van der Waals surface area contributed by atoms with Crippen molar-refractivity contribution in [3.63, 3.8) is 0 Å². The molecule has 0 spiro atoms. The molecule has 0 saturated carbocycles. The molecule has 0 saturated heterocycles. The van der Waals surface area contributed by atoms with Gasteiger partial charge in [-0.25, -0.2) is 4.98 Å². The summed E-state index contributed by atoms with van der Waals surface area (Å²) in [5, 5.41) is 37.3. The number of nitriles is 2. The number of benzene rings is 2. The molecule has 1 unspecified atom stereocenters. The predicted molar refractivity (Wildman–Crippen MR) is 124 cm³/mol. The van der Waals surface area contributed by atoms with Crippen molar-refractivity contribution in [2.75, 3.05) is 17.7 Å². The molecule has 1 heterocycles. The molecule has 0 radical (unpaired) electrons. The Balaban J connectivity index is 1.96. The third-order valence-corrected chi connectivity index (χ3v) is 4.80. The van der Waals surface area contributed by atoms with Crippen LogP contribution in [0.15, 0.2) is 48.7 Å². The summed E-state index contributed by atoms with van der Waals surface area (Å²) in [6, 6.07) is 15.0. The second kappa shape index (κ2) is 10.2. The van der Waals surface area contributed by atoms with Crippen LogP contribution in [0.3, 0.4) is 0 Å². The third kappa shape index (κ3) is 5.27. The molecule has 0 amide bonds. The van der Waals surface area contributed by atoms with E-state index in [0.717, 1.165) is 28.1 Å². The number of hydrogen-bond acceptors (Lipinski definition) is 8. The first-order chi connectivity index (χ1) is 15.4. The lowest BCUT2D eigenvalue weighted by Gasteiger charge is -2.19. The summed E-state index contributed by atoms with van der Waals surface area (Å²) < 4.78 is 0. The van der Waals surface area contributed by atoms with Crippen molar-refractivity contribution in [3.8, 4) is 12.1 Å². The van der Waals surface area contributed by atoms with E-state index in [1.165, 1.54) is 6.08 Å². The van der Waals surface area contributed by atoms with Crippen LogP contribution < -0.4 is 16.0 Å². The van der Waals surface area contributed by atoms with Crippen LogP contribution in [0.4, 0.5) is 23.1 Å². The first kappa shape index (κ1) is 22.4. The summed E-state index contributed by atoms with van der Waals surface area (Å²) in [4.78, 5) is 8.89. The van der Waals surface area contributed by atoms with Gasteiger partial charge in [0, 0.05) is 23.6 Å². The molecule has 4 N–H and O–H groups in total. The summed E-state index contributed by atoms with van der Waals surface area (Å²) in [6.07, 6.45) is 3.79. The molecular weight excluding hydrogens is 402 g/mol. The number of aromatic nitrogens is 2. The summed E-state index contributed by atoms with van der Waals surface area (Å²) >= 11 is 0. The molecule has 8 nitrogen and oxygen atoms in total. The van der Waals surface area contributed by atoms with Gasteiger partial charge in [-0.2, -0.15) is 15.5 Å². The molecule has 160 valence electrons. The van der Waals surface area contributed by atoms with Crippen molar-refractivity contribution >= 4 is 29.2 Å². The van der Waals surface area contributed by atoms with Gasteiger partial charge in [0.15, 0.2) is 0 Å². The number of anilines is 4. The molecule has 3 rings (SSSR count). The van der Waals surface area contributed by atoms with E-state index in [9.17, 15) is 5.11 Å². The number of aliphatic hydroxyl groups is 1. The molecule has 1 aromatic heterocycles. The van der Waals surface area contributed by atoms with Crippen molar-refractivity contribution in [1.82, 2.24) is 15.3 Å². The molecule has 2 aromatic carbocycles. The van der Waals surface area contributed by atoms with Gasteiger partial charge in [0.2, 0.25) is 5.95 Å². The van der Waals surface area contributed by atoms with Gasteiger partial charge >= 0.3 is 0 Å². The number of hydrogen-bond donors (Lipinski definition) is 4. The van der Waals surface area contributed by atoms with Gasteiger partial charge in [-0.05, 0) is 80.1 Å². The Morgan fingerprint density at radius 1 is 1.06 bits per heavy atom. The Kier molecular flexibility index (Phi) is 7.14. The first-order valence-electron chi connectivity index (χ1n) is 9.89. The summed E-state index contributed by atoms with van der Waals surface area (Å²) in [5.41, 5.74) is 5.49. The SMILES string of the molecule is CNC(O)c1cnc(Nc2ccc(C#N)cc2)nc1Nc1c(C)cc(/C=C/C#N)cc1C. The molecule has 0 fully saturated rings. The molecule has 0 aliphatic carbocycles. The Morgan fingerprint density at radius 2 is 1.75 bits per heavy atom. The summed E-state index contributed by atoms with van der Waals surface area (Å²) in [7, 11) is 1.64. The van der Waals surface area contributed by atoms with Gasteiger partial charge in [0.25, 0.3) is 0 Å². The zero-order valence-corrected chi connectivity index (χ0v) is 18.0. The summed E-state index contributed by atoms with van der Waals surface area (Å²) in [6.45, 7) is 3.93. The molecule has 3 aromatic rings. The van der Waals surface area contributed by atoms with Crippen molar-refractivity contribution < 1.29 is 5.11 Å². The molecule has 32 heavy (non-hydrogen) atoms. The van der Waals surface area contributed by atoms with Crippen LogP contribution in [0.25, 0.3) is 6.08 Å². The molecule has 8 heteroatoms. The number of allylic oxidation sites excluding steroid dienone is 1. The number of aliphatic hydroxyl groups excluding tert-OH is 1. The van der Waals surface area contributed by atoms with Crippen molar-refractivity contribution in [2.24, 2.45) is 0 Å². The van der Waals surface area contributed by atoms with Crippen LogP contribution in [0.1, 0.15) is 34.0 Å². The van der Waals surface area contributed by atoms with Gasteiger partial charge in [-0.3, -0.25) is 5.32 Å². The van der Waals surface area contributed by atoms with Gasteiger partial charge in [0.1, 0.15) is 12.0 Å². The van der Waals surface area contributed by atoms with Gasteiger partial charge in [-0.15, -0.1) is 0 Å². The topological polar surface area (TPSA) is 130 Å². The highest BCUT2D eigenvalue weighted by atomic mass is 16.3. The van der Waals surface area contributed by atoms with E-state index >= 15 is 0 Å². The van der Waals surface area contributed by atoms with Crippen LogP contribution in [0, 0.1) is 36.5 Å². The monoisotopic (exact) mass is 425 g/mol. The average molecular weight is 425 g/mol. The molecule has 0 bridgehead atoms. The lowest BCUT2D eigenvalue weighted by atomic mass is 10.0. The molecule has 0 aliphatic heterocycles.